The molecule has 0 aliphatic rings. The van der Waals surface area contributed by atoms with Crippen LogP contribution in [-0.4, -0.2) is 10.2 Å². The highest BCUT2D eigenvalue weighted by atomic mass is 79.9. The maximum atomic E-state index is 5.71. The van der Waals surface area contributed by atoms with Crippen LogP contribution in [0.3, 0.4) is 0 Å². The molecule has 0 aliphatic carbocycles. The van der Waals surface area contributed by atoms with Gasteiger partial charge in [-0.2, -0.15) is 5.10 Å². The highest BCUT2D eigenvalue weighted by molar-refractivity contribution is 9.10. The maximum Gasteiger partial charge on any atom is 0.148 e. The second-order valence-electron chi connectivity index (χ2n) is 3.57. The van der Waals surface area contributed by atoms with E-state index in [0.717, 1.165) is 21.3 Å². The van der Waals surface area contributed by atoms with E-state index in [-0.39, 0.29) is 0 Å². The lowest BCUT2D eigenvalue weighted by atomic mass is 10.0. The van der Waals surface area contributed by atoms with Crippen molar-refractivity contribution in [2.45, 2.75) is 13.8 Å². The monoisotopic (exact) mass is 265 g/mol. The van der Waals surface area contributed by atoms with E-state index in [1.807, 2.05) is 13.0 Å². The van der Waals surface area contributed by atoms with Crippen molar-refractivity contribution in [1.29, 1.82) is 0 Å². The van der Waals surface area contributed by atoms with Crippen molar-refractivity contribution in [3.63, 3.8) is 0 Å². The van der Waals surface area contributed by atoms with Gasteiger partial charge in [0.15, 0.2) is 0 Å². The Balaban J connectivity index is 2.63. The molecule has 3 N–H and O–H groups in total. The predicted octanol–water partition coefficient (Wildman–Crippen LogP) is 3.04. The minimum atomic E-state index is 0.560. The Hall–Kier alpha value is -1.29. The molecular weight excluding hydrogens is 254 g/mol. The molecular formula is C11H12BrN3. The first-order valence-electron chi connectivity index (χ1n) is 4.66. The number of anilines is 1. The third kappa shape index (κ3) is 1.77. The number of rotatable bonds is 1. The molecule has 4 heteroatoms. The van der Waals surface area contributed by atoms with E-state index in [2.05, 4.69) is 45.2 Å². The summed E-state index contributed by atoms with van der Waals surface area (Å²) in [6, 6.07) is 6.15. The van der Waals surface area contributed by atoms with E-state index in [0.29, 0.717) is 5.82 Å². The molecule has 1 aromatic heterocycles. The zero-order valence-corrected chi connectivity index (χ0v) is 10.2. The van der Waals surface area contributed by atoms with Gasteiger partial charge in [-0.3, -0.25) is 5.10 Å². The molecule has 0 saturated carbocycles. The smallest absolute Gasteiger partial charge is 0.148 e. The number of nitrogens with one attached hydrogen (secondary N) is 1. The number of nitrogen functional groups attached to an aromatic ring is 1. The number of aromatic nitrogens is 2. The number of aryl methyl sites for hydroxylation is 1. The van der Waals surface area contributed by atoms with Crippen LogP contribution in [0.25, 0.3) is 11.3 Å². The van der Waals surface area contributed by atoms with Gasteiger partial charge < -0.3 is 5.73 Å². The first-order valence-corrected chi connectivity index (χ1v) is 5.46. The Labute approximate surface area is 96.8 Å². The minimum Gasteiger partial charge on any atom is -0.382 e. The molecule has 0 bridgehead atoms. The lowest BCUT2D eigenvalue weighted by Crippen LogP contribution is -1.88. The quantitative estimate of drug-likeness (QED) is 0.833. The number of H-pyrrole nitrogens is 1. The van der Waals surface area contributed by atoms with Crippen LogP contribution < -0.4 is 5.73 Å². The summed E-state index contributed by atoms with van der Waals surface area (Å²) in [5.41, 5.74) is 10.0. The van der Waals surface area contributed by atoms with Gasteiger partial charge in [-0.1, -0.05) is 22.0 Å². The lowest BCUT2D eigenvalue weighted by molar-refractivity contribution is 1.10. The third-order valence-corrected chi connectivity index (χ3v) is 3.01. The fourth-order valence-corrected chi connectivity index (χ4v) is 1.90. The third-order valence-electron chi connectivity index (χ3n) is 2.52. The summed E-state index contributed by atoms with van der Waals surface area (Å²) in [6.07, 6.45) is 0. The second kappa shape index (κ2) is 3.70. The largest absolute Gasteiger partial charge is 0.382 e. The lowest BCUT2D eigenvalue weighted by Gasteiger charge is -2.05. The average Bonchev–Trinajstić information content (AvgIpc) is 2.52. The average molecular weight is 266 g/mol. The standard InChI is InChI=1S/C11H12BrN3/c1-6-3-4-8(12)5-9(6)10-7(2)11(13)15-14-10/h3-5H,1-2H3,(H3,13,14,15). The van der Waals surface area contributed by atoms with Crippen LogP contribution in [0.5, 0.6) is 0 Å². The normalized spacial score (nSPS) is 10.6. The summed E-state index contributed by atoms with van der Waals surface area (Å²) >= 11 is 3.46. The van der Waals surface area contributed by atoms with Gasteiger partial charge in [0.05, 0.1) is 5.69 Å². The Morgan fingerprint density at radius 1 is 1.33 bits per heavy atom. The van der Waals surface area contributed by atoms with Crippen LogP contribution in [0.2, 0.25) is 0 Å². The Kier molecular flexibility index (Phi) is 2.52. The summed E-state index contributed by atoms with van der Waals surface area (Å²) in [5.74, 6) is 0.560. The zero-order chi connectivity index (χ0) is 11.0. The van der Waals surface area contributed by atoms with Crippen LogP contribution in [0.1, 0.15) is 11.1 Å². The Morgan fingerprint density at radius 3 is 2.67 bits per heavy atom. The molecule has 2 rings (SSSR count). The van der Waals surface area contributed by atoms with E-state index < -0.39 is 0 Å². The van der Waals surface area contributed by atoms with Crippen molar-refractivity contribution >= 4 is 21.7 Å². The number of halogens is 1. The van der Waals surface area contributed by atoms with Crippen molar-refractivity contribution in [2.24, 2.45) is 0 Å². The number of aromatic amines is 1. The van der Waals surface area contributed by atoms with E-state index in [1.165, 1.54) is 5.56 Å². The molecule has 0 amide bonds. The van der Waals surface area contributed by atoms with Gasteiger partial charge in [0.25, 0.3) is 0 Å². The van der Waals surface area contributed by atoms with Gasteiger partial charge in [0.1, 0.15) is 5.82 Å². The highest BCUT2D eigenvalue weighted by Crippen LogP contribution is 2.29. The van der Waals surface area contributed by atoms with Crippen molar-refractivity contribution < 1.29 is 0 Å². The minimum absolute atomic E-state index is 0.560. The van der Waals surface area contributed by atoms with Crippen LogP contribution >= 0.6 is 15.9 Å². The van der Waals surface area contributed by atoms with Gasteiger partial charge in [0.2, 0.25) is 0 Å². The van der Waals surface area contributed by atoms with Gasteiger partial charge in [-0.15, -0.1) is 0 Å². The van der Waals surface area contributed by atoms with Crippen LogP contribution in [0.15, 0.2) is 22.7 Å². The van der Waals surface area contributed by atoms with Gasteiger partial charge in [0, 0.05) is 15.6 Å². The molecule has 0 radical (unpaired) electrons. The summed E-state index contributed by atoms with van der Waals surface area (Å²) in [4.78, 5) is 0. The van der Waals surface area contributed by atoms with E-state index in [4.69, 9.17) is 5.73 Å². The molecule has 2 aromatic rings. The van der Waals surface area contributed by atoms with E-state index >= 15 is 0 Å². The Bertz CT molecular complexity index is 503. The summed E-state index contributed by atoms with van der Waals surface area (Å²) < 4.78 is 1.05. The number of nitrogens with two attached hydrogens (primary N) is 1. The molecule has 78 valence electrons. The fraction of sp³-hybridized carbons (Fsp3) is 0.182. The SMILES string of the molecule is Cc1ccc(Br)cc1-c1[nH]nc(N)c1C. The van der Waals surface area contributed by atoms with E-state index in [1.54, 1.807) is 0 Å². The maximum absolute atomic E-state index is 5.71. The number of hydrogen-bond acceptors (Lipinski definition) is 2. The van der Waals surface area contributed by atoms with Crippen molar-refractivity contribution in [2.75, 3.05) is 5.73 Å². The van der Waals surface area contributed by atoms with Crippen molar-refractivity contribution in [3.05, 3.63) is 33.8 Å². The second-order valence-corrected chi connectivity index (χ2v) is 4.48. The van der Waals surface area contributed by atoms with Gasteiger partial charge in [-0.05, 0) is 31.5 Å². The van der Waals surface area contributed by atoms with Crippen molar-refractivity contribution in [3.8, 4) is 11.3 Å². The molecule has 0 fully saturated rings. The molecule has 0 aliphatic heterocycles. The molecule has 1 aromatic carbocycles. The van der Waals surface area contributed by atoms with Crippen LogP contribution in [0, 0.1) is 13.8 Å². The molecule has 0 saturated heterocycles. The summed E-state index contributed by atoms with van der Waals surface area (Å²) in [6.45, 7) is 4.03. The van der Waals surface area contributed by atoms with E-state index in [9.17, 15) is 0 Å². The summed E-state index contributed by atoms with van der Waals surface area (Å²) in [5, 5.41) is 6.96. The molecule has 0 unspecified atom stereocenters. The van der Waals surface area contributed by atoms with Gasteiger partial charge in [-0.25, -0.2) is 0 Å². The van der Waals surface area contributed by atoms with Crippen LogP contribution in [0.4, 0.5) is 5.82 Å². The highest BCUT2D eigenvalue weighted by Gasteiger charge is 2.10. The molecule has 15 heavy (non-hydrogen) atoms. The number of nitrogens with zero attached hydrogens (tertiary/aromatic N) is 1. The fourth-order valence-electron chi connectivity index (χ4n) is 1.54. The molecule has 3 nitrogen and oxygen atoms in total. The molecule has 0 spiro atoms. The Morgan fingerprint density at radius 2 is 2.07 bits per heavy atom. The van der Waals surface area contributed by atoms with Crippen LogP contribution in [-0.2, 0) is 0 Å². The number of benzene rings is 1. The number of hydrogen-bond donors (Lipinski definition) is 2. The van der Waals surface area contributed by atoms with Crippen molar-refractivity contribution in [1.82, 2.24) is 10.2 Å². The summed E-state index contributed by atoms with van der Waals surface area (Å²) in [7, 11) is 0. The first kappa shape index (κ1) is 10.2. The topological polar surface area (TPSA) is 54.7 Å². The first-order chi connectivity index (χ1) is 7.09. The zero-order valence-electron chi connectivity index (χ0n) is 8.63. The molecule has 1 heterocycles. The molecule has 0 atom stereocenters. The predicted molar refractivity (Wildman–Crippen MR) is 65.6 cm³/mol. The van der Waals surface area contributed by atoms with Gasteiger partial charge >= 0.3 is 0 Å².